The molecule has 3 atom stereocenters. The molecule has 2 aromatic rings. The molecule has 2 aromatic heterocycles. The number of nitrogens with one attached hydrogen (secondary N) is 2. The van der Waals surface area contributed by atoms with Gasteiger partial charge >= 0.3 is 6.18 Å². The molecule has 3 heterocycles. The molecule has 1 aliphatic heterocycles. The number of H-pyrrole nitrogens is 1. The van der Waals surface area contributed by atoms with E-state index in [0.29, 0.717) is 38.5 Å². The van der Waals surface area contributed by atoms with E-state index in [1.165, 1.54) is 0 Å². The van der Waals surface area contributed by atoms with Crippen LogP contribution in [-0.2, 0) is 15.7 Å². The van der Waals surface area contributed by atoms with Crippen LogP contribution in [0.15, 0.2) is 23.4 Å². The molecule has 2 fully saturated rings. The first-order valence-electron chi connectivity index (χ1n) is 11.6. The Morgan fingerprint density at radius 2 is 1.89 bits per heavy atom. The number of alkyl halides is 4. The molecule has 1 saturated heterocycles. The van der Waals surface area contributed by atoms with Crippen molar-refractivity contribution in [2.45, 2.75) is 44.1 Å². The summed E-state index contributed by atoms with van der Waals surface area (Å²) in [6, 6.07) is -0.560. The Morgan fingerprint density at radius 3 is 2.50 bits per heavy atom. The van der Waals surface area contributed by atoms with Crippen LogP contribution in [0, 0.1) is 0 Å². The lowest BCUT2D eigenvalue weighted by atomic mass is 10.2. The number of hydrogen-bond acceptors (Lipinski definition) is 8. The van der Waals surface area contributed by atoms with E-state index in [1.54, 1.807) is 29.3 Å². The summed E-state index contributed by atoms with van der Waals surface area (Å²) in [6.45, 7) is 3.84. The van der Waals surface area contributed by atoms with Crippen molar-refractivity contribution in [1.82, 2.24) is 25.1 Å². The second kappa shape index (κ2) is 10.8. The number of aromatic amines is 1. The fourth-order valence-corrected chi connectivity index (χ4v) is 4.02. The largest absolute Gasteiger partial charge is 0.423 e. The second-order valence-electron chi connectivity index (χ2n) is 8.90. The molecular formula is C22H27F4N7O3. The summed E-state index contributed by atoms with van der Waals surface area (Å²) in [7, 11) is 0. The summed E-state index contributed by atoms with van der Waals surface area (Å²) in [6.07, 6.45) is -0.762. The number of hydrogen-bond donors (Lipinski definition) is 2. The zero-order valence-corrected chi connectivity index (χ0v) is 19.6. The molecule has 0 radical (unpaired) electrons. The minimum atomic E-state index is -4.83. The van der Waals surface area contributed by atoms with Gasteiger partial charge in [-0.05, 0) is 18.9 Å². The van der Waals surface area contributed by atoms with Crippen molar-refractivity contribution >= 4 is 17.5 Å². The highest BCUT2D eigenvalue weighted by molar-refractivity contribution is 5.76. The molecule has 36 heavy (non-hydrogen) atoms. The monoisotopic (exact) mass is 513 g/mol. The Bertz CT molecular complexity index is 1100. The van der Waals surface area contributed by atoms with E-state index in [2.05, 4.69) is 20.4 Å². The third-order valence-corrected chi connectivity index (χ3v) is 6.08. The number of piperazine rings is 1. The van der Waals surface area contributed by atoms with Crippen LogP contribution < -0.4 is 15.8 Å². The van der Waals surface area contributed by atoms with Crippen molar-refractivity contribution in [1.29, 1.82) is 0 Å². The number of rotatable bonds is 9. The lowest BCUT2D eigenvalue weighted by Gasteiger charge is -2.34. The summed E-state index contributed by atoms with van der Waals surface area (Å²) in [4.78, 5) is 36.4. The SMILES string of the molecule is CC(COCCC(=O)N1CCN(c2ncc(C3CC3F)cn2)CC1)Nc1cn[nH]c(=O)c1C(F)(F)F. The minimum absolute atomic E-state index is 0.0303. The maximum atomic E-state index is 13.2. The number of aromatic nitrogens is 4. The third-order valence-electron chi connectivity index (χ3n) is 6.08. The van der Waals surface area contributed by atoms with Gasteiger partial charge in [-0.1, -0.05) is 0 Å². The van der Waals surface area contributed by atoms with Crippen LogP contribution in [0.3, 0.4) is 0 Å². The zero-order chi connectivity index (χ0) is 25.9. The van der Waals surface area contributed by atoms with Gasteiger partial charge in [0.2, 0.25) is 11.9 Å². The second-order valence-corrected chi connectivity index (χ2v) is 8.90. The van der Waals surface area contributed by atoms with Gasteiger partial charge in [-0.25, -0.2) is 19.5 Å². The third kappa shape index (κ3) is 6.28. The maximum Gasteiger partial charge on any atom is 0.423 e. The van der Waals surface area contributed by atoms with E-state index >= 15 is 0 Å². The van der Waals surface area contributed by atoms with E-state index in [0.717, 1.165) is 11.8 Å². The van der Waals surface area contributed by atoms with E-state index in [-0.39, 0.29) is 31.5 Å². The molecule has 1 saturated carbocycles. The Labute approximate surface area is 204 Å². The minimum Gasteiger partial charge on any atom is -0.379 e. The standard InChI is InChI=1S/C22H27F4N7O3/c1-13(30-17-11-29-31-20(35)19(17)22(24,25)26)12-36-7-2-18(34)32-3-5-33(6-4-32)21-27-9-14(10-28-21)15-8-16(15)23/h9-11,13,15-16H,2-8,12H2,1H3,(H2,30,31,35). The number of ether oxygens (including phenoxy) is 1. The van der Waals surface area contributed by atoms with Crippen molar-refractivity contribution in [3.8, 4) is 0 Å². The van der Waals surface area contributed by atoms with Crippen molar-refractivity contribution in [2.24, 2.45) is 0 Å². The van der Waals surface area contributed by atoms with Gasteiger partial charge in [-0.2, -0.15) is 18.3 Å². The van der Waals surface area contributed by atoms with Crippen molar-refractivity contribution in [3.63, 3.8) is 0 Å². The fraction of sp³-hybridized carbons (Fsp3) is 0.591. The van der Waals surface area contributed by atoms with Gasteiger partial charge in [0.15, 0.2) is 0 Å². The molecule has 2 aliphatic rings. The van der Waals surface area contributed by atoms with Crippen LogP contribution in [0.2, 0.25) is 0 Å². The molecule has 14 heteroatoms. The van der Waals surface area contributed by atoms with Gasteiger partial charge in [0, 0.05) is 50.5 Å². The average molecular weight is 513 g/mol. The van der Waals surface area contributed by atoms with Gasteiger partial charge in [-0.15, -0.1) is 0 Å². The predicted molar refractivity (Wildman–Crippen MR) is 121 cm³/mol. The highest BCUT2D eigenvalue weighted by Crippen LogP contribution is 2.43. The Hall–Kier alpha value is -3.29. The summed E-state index contributed by atoms with van der Waals surface area (Å²) >= 11 is 0. The zero-order valence-electron chi connectivity index (χ0n) is 19.6. The summed E-state index contributed by atoms with van der Waals surface area (Å²) in [5.74, 6) is 0.370. The average Bonchev–Trinajstić information content (AvgIpc) is 3.57. The number of amides is 1. The first-order valence-corrected chi connectivity index (χ1v) is 11.6. The Kier molecular flexibility index (Phi) is 7.71. The fourth-order valence-electron chi connectivity index (χ4n) is 4.02. The van der Waals surface area contributed by atoms with E-state index in [9.17, 15) is 27.2 Å². The van der Waals surface area contributed by atoms with Gasteiger partial charge in [0.25, 0.3) is 5.56 Å². The van der Waals surface area contributed by atoms with Crippen LogP contribution in [0.1, 0.15) is 36.8 Å². The normalized spacial score (nSPS) is 20.8. The molecule has 4 rings (SSSR count). The first-order chi connectivity index (χ1) is 17.1. The van der Waals surface area contributed by atoms with E-state index in [1.807, 2.05) is 4.90 Å². The molecule has 1 aliphatic carbocycles. The lowest BCUT2D eigenvalue weighted by Crippen LogP contribution is -2.49. The molecule has 1 amide bonds. The smallest absolute Gasteiger partial charge is 0.379 e. The number of halogens is 4. The molecular weight excluding hydrogens is 486 g/mol. The van der Waals surface area contributed by atoms with Gasteiger partial charge in [0.05, 0.1) is 31.5 Å². The molecule has 2 N–H and O–H groups in total. The quantitative estimate of drug-likeness (QED) is 0.386. The van der Waals surface area contributed by atoms with E-state index in [4.69, 9.17) is 4.74 Å². The topological polar surface area (TPSA) is 116 Å². The van der Waals surface area contributed by atoms with Gasteiger partial charge in [-0.3, -0.25) is 9.59 Å². The molecule has 0 aromatic carbocycles. The predicted octanol–water partition coefficient (Wildman–Crippen LogP) is 1.96. The van der Waals surface area contributed by atoms with Crippen LogP contribution in [0.5, 0.6) is 0 Å². The van der Waals surface area contributed by atoms with Crippen molar-refractivity contribution < 1.29 is 27.1 Å². The highest BCUT2D eigenvalue weighted by Gasteiger charge is 2.39. The Balaban J connectivity index is 1.16. The lowest BCUT2D eigenvalue weighted by molar-refractivity contribution is -0.138. The number of carbonyl (C=O) groups excluding carboxylic acids is 1. The molecule has 10 nitrogen and oxygen atoms in total. The van der Waals surface area contributed by atoms with Gasteiger partial charge < -0.3 is 19.9 Å². The molecule has 0 bridgehead atoms. The van der Waals surface area contributed by atoms with Crippen LogP contribution in [-0.4, -0.2) is 82.6 Å². The number of anilines is 2. The summed E-state index contributed by atoms with van der Waals surface area (Å²) in [5.41, 5.74) is -2.31. The van der Waals surface area contributed by atoms with Crippen LogP contribution >= 0.6 is 0 Å². The molecule has 3 unspecified atom stereocenters. The molecule has 196 valence electrons. The van der Waals surface area contributed by atoms with Crippen molar-refractivity contribution in [2.75, 3.05) is 49.6 Å². The summed E-state index contributed by atoms with van der Waals surface area (Å²) in [5, 5.41) is 7.77. The van der Waals surface area contributed by atoms with Crippen molar-refractivity contribution in [3.05, 3.63) is 40.1 Å². The maximum absolute atomic E-state index is 13.2. The van der Waals surface area contributed by atoms with Gasteiger partial charge in [0.1, 0.15) is 11.7 Å². The highest BCUT2D eigenvalue weighted by atomic mass is 19.4. The number of carbonyl (C=O) groups is 1. The molecule has 0 spiro atoms. The summed E-state index contributed by atoms with van der Waals surface area (Å²) < 4.78 is 58.0. The van der Waals surface area contributed by atoms with Crippen LogP contribution in [0.25, 0.3) is 0 Å². The van der Waals surface area contributed by atoms with Crippen LogP contribution in [0.4, 0.5) is 29.2 Å². The number of nitrogens with zero attached hydrogens (tertiary/aromatic N) is 5. The van der Waals surface area contributed by atoms with E-state index < -0.39 is 35.2 Å². The Morgan fingerprint density at radius 1 is 1.22 bits per heavy atom. The first kappa shape index (κ1) is 25.8.